The fraction of sp³-hybridized carbons (Fsp3) is 0.800. The number of ether oxygens (including phenoxy) is 3. The fourth-order valence-corrected chi connectivity index (χ4v) is 4.67. The summed E-state index contributed by atoms with van der Waals surface area (Å²) < 4.78 is 17.7. The quantitative estimate of drug-likeness (QED) is 0.446. The number of primary amides is 1. The highest BCUT2D eigenvalue weighted by Gasteiger charge is 2.31. The number of allylic oxidation sites excluding steroid dienone is 3. The Hall–Kier alpha value is -1.21. The molecule has 0 aromatic rings. The molecular weight excluding hydrogens is 394 g/mol. The fourth-order valence-electron chi connectivity index (χ4n) is 4.67. The van der Waals surface area contributed by atoms with E-state index < -0.39 is 6.10 Å². The third-order valence-electron chi connectivity index (χ3n) is 6.01. The monoisotopic (exact) mass is 439 g/mol. The molecule has 1 heterocycles. The Balaban J connectivity index is 2.65. The van der Waals surface area contributed by atoms with Crippen molar-refractivity contribution < 1.29 is 24.1 Å². The Morgan fingerprint density at radius 3 is 2.48 bits per heavy atom. The predicted octanol–water partition coefficient (Wildman–Crippen LogP) is 4.15. The summed E-state index contributed by atoms with van der Waals surface area (Å²) in [5.41, 5.74) is 6.15. The van der Waals surface area contributed by atoms with Crippen LogP contribution in [0.25, 0.3) is 0 Å². The first-order valence-corrected chi connectivity index (χ1v) is 11.5. The molecule has 1 aliphatic heterocycles. The molecule has 0 bridgehead atoms. The van der Waals surface area contributed by atoms with Crippen LogP contribution in [-0.4, -0.2) is 54.2 Å². The van der Waals surface area contributed by atoms with Gasteiger partial charge in [0.15, 0.2) is 0 Å². The second kappa shape index (κ2) is 12.7. The molecule has 0 radical (unpaired) electrons. The zero-order valence-corrected chi connectivity index (χ0v) is 20.8. The summed E-state index contributed by atoms with van der Waals surface area (Å²) in [5, 5.41) is 9.86. The largest absolute Gasteiger partial charge is 0.391 e. The smallest absolute Gasteiger partial charge is 0.220 e. The van der Waals surface area contributed by atoms with Crippen molar-refractivity contribution in [2.45, 2.75) is 110 Å². The van der Waals surface area contributed by atoms with Crippen LogP contribution in [0.4, 0.5) is 0 Å². The Kier molecular flexibility index (Phi) is 11.4. The molecule has 1 unspecified atom stereocenters. The van der Waals surface area contributed by atoms with Gasteiger partial charge in [0.05, 0.1) is 36.4 Å². The van der Waals surface area contributed by atoms with Crippen molar-refractivity contribution >= 4 is 5.91 Å². The first-order valence-electron chi connectivity index (χ1n) is 11.5. The van der Waals surface area contributed by atoms with Crippen LogP contribution >= 0.6 is 0 Å². The number of aliphatic hydroxyl groups is 1. The number of rotatable bonds is 12. The van der Waals surface area contributed by atoms with Crippen LogP contribution in [-0.2, 0) is 19.0 Å². The molecule has 7 atom stereocenters. The van der Waals surface area contributed by atoms with E-state index in [1.807, 2.05) is 6.92 Å². The van der Waals surface area contributed by atoms with Gasteiger partial charge in [-0.05, 0) is 71.3 Å². The van der Waals surface area contributed by atoms with Crippen molar-refractivity contribution in [1.82, 2.24) is 0 Å². The average Bonchev–Trinajstić information content (AvgIpc) is 2.61. The van der Waals surface area contributed by atoms with Crippen LogP contribution in [0, 0.1) is 11.8 Å². The molecule has 0 saturated carbocycles. The van der Waals surface area contributed by atoms with E-state index in [0.29, 0.717) is 11.8 Å². The number of hydrogen-bond donors (Lipinski definition) is 2. The maximum absolute atomic E-state index is 11.2. The van der Waals surface area contributed by atoms with E-state index in [2.05, 4.69) is 52.8 Å². The van der Waals surface area contributed by atoms with E-state index in [4.69, 9.17) is 19.9 Å². The Morgan fingerprint density at radius 1 is 1.29 bits per heavy atom. The number of hydrogen-bond acceptors (Lipinski definition) is 5. The Bertz CT molecular complexity index is 613. The topological polar surface area (TPSA) is 91.0 Å². The Labute approximate surface area is 189 Å². The summed E-state index contributed by atoms with van der Waals surface area (Å²) in [6.45, 7) is 14.2. The maximum atomic E-state index is 11.2. The summed E-state index contributed by atoms with van der Waals surface area (Å²) in [7, 11) is 1.59. The third kappa shape index (κ3) is 9.85. The standard InChI is InChI=1S/C25H45NO5/c1-16(15-25(6,7)31-20(5)24(29-8)19(4)27)10-9-11-17(2)23-18(3)12-13-21(30-23)14-22(26)28/h9-11,16,18-21,23-24,27H,12-15H2,1-8H3,(H2,26,28)/b10-9+,17-11+/t16-,18+,19-,20?,21-,23-,24+/m1/s1. The SMILES string of the molecule is CO[C@H](C(C)OC(C)(C)C[C@H](C)/C=C/C=C(\C)[C@H]1O[C@@H](CC(N)=O)CC[C@@H]1C)[C@@H](C)O. The lowest BCUT2D eigenvalue weighted by Gasteiger charge is -2.35. The normalized spacial score (nSPS) is 27.1. The first kappa shape index (κ1) is 27.8. The van der Waals surface area contributed by atoms with Crippen LogP contribution in [0.5, 0.6) is 0 Å². The highest BCUT2D eigenvalue weighted by Crippen LogP contribution is 2.30. The van der Waals surface area contributed by atoms with Crippen LogP contribution < -0.4 is 5.73 Å². The molecule has 180 valence electrons. The van der Waals surface area contributed by atoms with E-state index in [-0.39, 0.29) is 42.3 Å². The summed E-state index contributed by atoms with van der Waals surface area (Å²) in [6.07, 6.45) is 8.19. The van der Waals surface area contributed by atoms with Gasteiger partial charge in [-0.3, -0.25) is 4.79 Å². The van der Waals surface area contributed by atoms with Crippen molar-refractivity contribution in [2.24, 2.45) is 17.6 Å². The molecule has 31 heavy (non-hydrogen) atoms. The minimum Gasteiger partial charge on any atom is -0.391 e. The van der Waals surface area contributed by atoms with Crippen molar-refractivity contribution in [3.05, 3.63) is 23.8 Å². The summed E-state index contributed by atoms with van der Waals surface area (Å²) in [4.78, 5) is 11.2. The molecule has 6 heteroatoms. The van der Waals surface area contributed by atoms with Gasteiger partial charge in [0.1, 0.15) is 6.10 Å². The molecule has 0 aromatic heterocycles. The lowest BCUT2D eigenvalue weighted by atomic mass is 9.88. The van der Waals surface area contributed by atoms with E-state index in [1.54, 1.807) is 14.0 Å². The summed E-state index contributed by atoms with van der Waals surface area (Å²) in [6, 6.07) is 0. The van der Waals surface area contributed by atoms with Crippen LogP contribution in [0.3, 0.4) is 0 Å². The number of aliphatic hydroxyl groups excluding tert-OH is 1. The van der Waals surface area contributed by atoms with Crippen LogP contribution in [0.1, 0.15) is 74.1 Å². The second-order valence-corrected chi connectivity index (χ2v) is 9.90. The van der Waals surface area contributed by atoms with E-state index in [0.717, 1.165) is 24.8 Å². The van der Waals surface area contributed by atoms with E-state index in [1.165, 1.54) is 0 Å². The maximum Gasteiger partial charge on any atom is 0.220 e. The van der Waals surface area contributed by atoms with E-state index >= 15 is 0 Å². The van der Waals surface area contributed by atoms with E-state index in [9.17, 15) is 9.90 Å². The average molecular weight is 440 g/mol. The second-order valence-electron chi connectivity index (χ2n) is 9.90. The molecular formula is C25H45NO5. The molecule has 1 fully saturated rings. The highest BCUT2D eigenvalue weighted by molar-refractivity contribution is 5.74. The molecule has 3 N–H and O–H groups in total. The molecule has 1 saturated heterocycles. The van der Waals surface area contributed by atoms with Gasteiger partial charge in [-0.1, -0.05) is 32.1 Å². The van der Waals surface area contributed by atoms with Crippen LogP contribution in [0.15, 0.2) is 23.8 Å². The lowest BCUT2D eigenvalue weighted by molar-refractivity contribution is -0.149. The Morgan fingerprint density at radius 2 is 1.94 bits per heavy atom. The number of carbonyl (C=O) groups excluding carboxylic acids is 1. The molecule has 0 aromatic carbocycles. The molecule has 6 nitrogen and oxygen atoms in total. The molecule has 1 aliphatic rings. The van der Waals surface area contributed by atoms with Gasteiger partial charge in [-0.25, -0.2) is 0 Å². The predicted molar refractivity (Wildman–Crippen MR) is 125 cm³/mol. The first-order chi connectivity index (χ1) is 14.4. The van der Waals surface area contributed by atoms with Gasteiger partial charge in [0.2, 0.25) is 5.91 Å². The van der Waals surface area contributed by atoms with Crippen LogP contribution in [0.2, 0.25) is 0 Å². The molecule has 1 rings (SSSR count). The van der Waals surface area contributed by atoms with Crippen molar-refractivity contribution in [1.29, 1.82) is 0 Å². The molecule has 0 aliphatic carbocycles. The van der Waals surface area contributed by atoms with Gasteiger partial charge in [0, 0.05) is 7.11 Å². The zero-order valence-electron chi connectivity index (χ0n) is 20.8. The summed E-state index contributed by atoms with van der Waals surface area (Å²) in [5.74, 6) is 0.423. The van der Waals surface area contributed by atoms with Crippen molar-refractivity contribution in [3.8, 4) is 0 Å². The van der Waals surface area contributed by atoms with Gasteiger partial charge in [-0.2, -0.15) is 0 Å². The lowest BCUT2D eigenvalue weighted by Crippen LogP contribution is -2.42. The molecule has 1 amide bonds. The number of carbonyl (C=O) groups is 1. The number of methoxy groups -OCH3 is 1. The minimum atomic E-state index is -0.590. The highest BCUT2D eigenvalue weighted by atomic mass is 16.6. The molecule has 0 spiro atoms. The van der Waals surface area contributed by atoms with Gasteiger partial charge < -0.3 is 25.1 Å². The number of amides is 1. The number of nitrogens with two attached hydrogens (primary N) is 1. The van der Waals surface area contributed by atoms with Crippen molar-refractivity contribution in [3.63, 3.8) is 0 Å². The minimum absolute atomic E-state index is 0.0186. The van der Waals surface area contributed by atoms with Gasteiger partial charge in [0.25, 0.3) is 0 Å². The third-order valence-corrected chi connectivity index (χ3v) is 6.01. The summed E-state index contributed by atoms with van der Waals surface area (Å²) >= 11 is 0. The van der Waals surface area contributed by atoms with Gasteiger partial charge >= 0.3 is 0 Å². The van der Waals surface area contributed by atoms with Gasteiger partial charge in [-0.15, -0.1) is 0 Å². The van der Waals surface area contributed by atoms with Crippen molar-refractivity contribution in [2.75, 3.05) is 7.11 Å². The zero-order chi connectivity index (χ0) is 23.8.